The number of rotatable bonds is 13. The molecule has 224 valence electrons. The molecule has 41 heavy (non-hydrogen) atoms. The lowest BCUT2D eigenvalue weighted by Crippen LogP contribution is -2.36. The second-order valence-electron chi connectivity index (χ2n) is 11.8. The van der Waals surface area contributed by atoms with Crippen LogP contribution >= 0.6 is 0 Å². The van der Waals surface area contributed by atoms with Gasteiger partial charge in [0.2, 0.25) is 12.5 Å². The fourth-order valence-corrected chi connectivity index (χ4v) is 6.78. The zero-order valence-electron chi connectivity index (χ0n) is 25.0. The van der Waals surface area contributed by atoms with Crippen molar-refractivity contribution < 1.29 is 33.6 Å². The van der Waals surface area contributed by atoms with Crippen LogP contribution in [0.5, 0.6) is 28.7 Å². The molecule has 4 atom stereocenters. The molecule has 0 radical (unpaired) electrons. The van der Waals surface area contributed by atoms with Crippen LogP contribution in [0.3, 0.4) is 0 Å². The van der Waals surface area contributed by atoms with E-state index in [0.29, 0.717) is 23.9 Å². The smallest absolute Gasteiger partial charge is 0.310 e. The van der Waals surface area contributed by atoms with Crippen molar-refractivity contribution in [2.45, 2.75) is 43.9 Å². The summed E-state index contributed by atoms with van der Waals surface area (Å²) < 4.78 is 28.3. The number of fused-ring (bicyclic) bond motifs is 3. The largest absolute Gasteiger partial charge is 0.502 e. The molecule has 1 fully saturated rings. The summed E-state index contributed by atoms with van der Waals surface area (Å²) in [6.07, 6.45) is 5.83. The molecule has 0 amide bonds. The number of hydrogen-bond acceptors (Lipinski definition) is 9. The van der Waals surface area contributed by atoms with Gasteiger partial charge in [-0.25, -0.2) is 0 Å². The molecule has 0 saturated carbocycles. The fourth-order valence-electron chi connectivity index (χ4n) is 6.78. The molecule has 1 aliphatic carbocycles. The summed E-state index contributed by atoms with van der Waals surface area (Å²) in [6.45, 7) is 3.70. The third-order valence-electron chi connectivity index (χ3n) is 8.92. The number of ether oxygens (including phenoxy) is 5. The Bertz CT molecular complexity index is 1210. The van der Waals surface area contributed by atoms with Crippen molar-refractivity contribution in [2.75, 3.05) is 68.4 Å². The fraction of sp³-hybridized carbons (Fsp3) is 0.594. The van der Waals surface area contributed by atoms with E-state index in [0.717, 1.165) is 42.9 Å². The highest BCUT2D eigenvalue weighted by Crippen LogP contribution is 2.56. The van der Waals surface area contributed by atoms with Gasteiger partial charge in [0.05, 0.1) is 26.7 Å². The van der Waals surface area contributed by atoms with Crippen LogP contribution in [0.2, 0.25) is 0 Å². The second-order valence-corrected chi connectivity index (χ2v) is 11.8. The highest BCUT2D eigenvalue weighted by atomic mass is 16.7. The Morgan fingerprint density at radius 2 is 1.49 bits per heavy atom. The minimum Gasteiger partial charge on any atom is -0.502 e. The third-order valence-corrected chi connectivity index (χ3v) is 8.92. The molecule has 0 bridgehead atoms. The number of aromatic hydroxyl groups is 1. The zero-order chi connectivity index (χ0) is 29.1. The molecule has 5 rings (SSSR count). The van der Waals surface area contributed by atoms with E-state index in [2.05, 4.69) is 37.0 Å². The lowest BCUT2D eigenvalue weighted by atomic mass is 9.62. The number of benzene rings is 2. The van der Waals surface area contributed by atoms with Crippen molar-refractivity contribution in [1.82, 2.24) is 9.80 Å². The number of cyclic esters (lactones) is 1. The van der Waals surface area contributed by atoms with Gasteiger partial charge in [-0.05, 0) is 107 Å². The van der Waals surface area contributed by atoms with Gasteiger partial charge < -0.3 is 38.6 Å². The molecule has 1 N–H and O–H groups in total. The number of nitrogens with zero attached hydrogens (tertiary/aromatic N) is 2. The van der Waals surface area contributed by atoms with E-state index < -0.39 is 0 Å². The monoisotopic (exact) mass is 568 g/mol. The van der Waals surface area contributed by atoms with E-state index in [4.69, 9.17) is 23.7 Å². The molecule has 2 aromatic carbocycles. The Morgan fingerprint density at radius 3 is 2.12 bits per heavy atom. The van der Waals surface area contributed by atoms with Gasteiger partial charge in [-0.15, -0.1) is 0 Å². The van der Waals surface area contributed by atoms with Crippen molar-refractivity contribution in [3.05, 3.63) is 41.0 Å². The molecule has 0 aromatic heterocycles. The molecule has 2 aliphatic heterocycles. The summed E-state index contributed by atoms with van der Waals surface area (Å²) in [6, 6.07) is 7.73. The average molecular weight is 569 g/mol. The predicted octanol–water partition coefficient (Wildman–Crippen LogP) is 4.60. The summed E-state index contributed by atoms with van der Waals surface area (Å²) in [5.74, 6) is 1.25. The number of esters is 1. The van der Waals surface area contributed by atoms with Crippen molar-refractivity contribution in [1.29, 1.82) is 0 Å². The molecule has 2 aromatic rings. The molecule has 0 spiro atoms. The summed E-state index contributed by atoms with van der Waals surface area (Å²) in [5, 5.41) is 10.6. The Hall–Kier alpha value is -3.17. The first-order chi connectivity index (χ1) is 19.8. The third kappa shape index (κ3) is 6.06. The van der Waals surface area contributed by atoms with Crippen molar-refractivity contribution in [3.8, 4) is 28.7 Å². The normalized spacial score (nSPS) is 22.6. The molecule has 1 unspecified atom stereocenters. The van der Waals surface area contributed by atoms with Crippen LogP contribution in [0.25, 0.3) is 0 Å². The van der Waals surface area contributed by atoms with Crippen molar-refractivity contribution >= 4 is 5.97 Å². The molecule has 9 nitrogen and oxygen atoms in total. The van der Waals surface area contributed by atoms with Crippen LogP contribution in [0.15, 0.2) is 24.3 Å². The Labute approximate surface area is 243 Å². The van der Waals surface area contributed by atoms with Gasteiger partial charge in [-0.1, -0.05) is 12.8 Å². The van der Waals surface area contributed by atoms with Crippen LogP contribution in [0.4, 0.5) is 0 Å². The molecule has 2 heterocycles. The summed E-state index contributed by atoms with van der Waals surface area (Å²) in [7, 11) is 9.45. The quantitative estimate of drug-likeness (QED) is 0.275. The van der Waals surface area contributed by atoms with Crippen LogP contribution in [-0.4, -0.2) is 89.3 Å². The second kappa shape index (κ2) is 12.8. The topological polar surface area (TPSA) is 89.9 Å². The van der Waals surface area contributed by atoms with E-state index in [-0.39, 0.29) is 42.2 Å². The van der Waals surface area contributed by atoms with Crippen molar-refractivity contribution in [2.24, 2.45) is 11.8 Å². The lowest BCUT2D eigenvalue weighted by molar-refractivity contribution is -0.141. The van der Waals surface area contributed by atoms with Crippen LogP contribution in [0.1, 0.15) is 60.6 Å². The number of phenolic OH excluding ortho intramolecular Hbond substituents is 1. The molecule has 9 heteroatoms. The minimum atomic E-state index is -0.367. The van der Waals surface area contributed by atoms with Gasteiger partial charge in [-0.3, -0.25) is 4.79 Å². The standard InChI is InChI=1S/C32H44N2O7/c1-33(2)11-8-6-7-9-12-34(3)13-10-21-22-16-25-26(41-19-40-25)17-23(22)29(30-24(21)18-39-32(30)36)20-14-27(37-4)31(35)28(15-20)38-5/h14-17,21,24,29-30,35H,6-13,18-19H2,1-5H3/t21-,24?,29-,30+/m1/s1. The number of hydrogen-bond donors (Lipinski definition) is 1. The summed E-state index contributed by atoms with van der Waals surface area (Å²) >= 11 is 0. The van der Waals surface area contributed by atoms with Crippen LogP contribution in [0, 0.1) is 11.8 Å². The Balaban J connectivity index is 1.42. The van der Waals surface area contributed by atoms with Gasteiger partial charge in [0, 0.05) is 11.8 Å². The maximum atomic E-state index is 13.4. The van der Waals surface area contributed by atoms with E-state index >= 15 is 0 Å². The van der Waals surface area contributed by atoms with E-state index in [1.807, 2.05) is 6.07 Å². The SMILES string of the molecule is COc1cc([C@@H]2c3cc4c(cc3[C@@H](CCN(C)CCCCCCN(C)C)C3COC(=O)[C@@H]32)OCO4)cc(OC)c1O. The number of phenols is 1. The number of unbranched alkanes of at least 4 members (excludes halogenated alkanes) is 3. The zero-order valence-corrected chi connectivity index (χ0v) is 25.0. The van der Waals surface area contributed by atoms with Gasteiger partial charge >= 0.3 is 5.97 Å². The van der Waals surface area contributed by atoms with Gasteiger partial charge in [0.25, 0.3) is 0 Å². The van der Waals surface area contributed by atoms with Crippen molar-refractivity contribution in [3.63, 3.8) is 0 Å². The minimum absolute atomic E-state index is 0.0191. The Morgan fingerprint density at radius 1 is 0.854 bits per heavy atom. The first-order valence-corrected chi connectivity index (χ1v) is 14.7. The molecule has 3 aliphatic rings. The first kappa shape index (κ1) is 29.3. The number of carbonyl (C=O) groups is 1. The first-order valence-electron chi connectivity index (χ1n) is 14.7. The predicted molar refractivity (Wildman–Crippen MR) is 155 cm³/mol. The maximum absolute atomic E-state index is 13.4. The van der Waals surface area contributed by atoms with E-state index in [1.165, 1.54) is 45.5 Å². The number of carbonyl (C=O) groups excluding carboxylic acids is 1. The summed E-state index contributed by atoms with van der Waals surface area (Å²) in [5.41, 5.74) is 3.02. The summed E-state index contributed by atoms with van der Waals surface area (Å²) in [4.78, 5) is 18.0. The van der Waals surface area contributed by atoms with E-state index in [1.54, 1.807) is 12.1 Å². The molecule has 1 saturated heterocycles. The lowest BCUT2D eigenvalue weighted by Gasteiger charge is -2.40. The van der Waals surface area contributed by atoms with Crippen LogP contribution < -0.4 is 18.9 Å². The molecular weight excluding hydrogens is 524 g/mol. The van der Waals surface area contributed by atoms with E-state index in [9.17, 15) is 9.90 Å². The van der Waals surface area contributed by atoms with Gasteiger partial charge in [-0.2, -0.15) is 0 Å². The highest BCUT2D eigenvalue weighted by Gasteiger charge is 2.52. The number of methoxy groups -OCH3 is 2. The highest BCUT2D eigenvalue weighted by molar-refractivity contribution is 5.79. The maximum Gasteiger partial charge on any atom is 0.310 e. The average Bonchev–Trinajstić information content (AvgIpc) is 3.58. The van der Waals surface area contributed by atoms with Crippen LogP contribution in [-0.2, 0) is 9.53 Å². The van der Waals surface area contributed by atoms with Gasteiger partial charge in [0.1, 0.15) is 0 Å². The van der Waals surface area contributed by atoms with Gasteiger partial charge in [0.15, 0.2) is 23.0 Å². The Kier molecular flexibility index (Phi) is 9.14. The molecular formula is C32H44N2O7.